The molecular formula is C11H14N2O4S. The van der Waals surface area contributed by atoms with Crippen molar-refractivity contribution in [3.8, 4) is 0 Å². The highest BCUT2D eigenvalue weighted by atomic mass is 32.2. The smallest absolute Gasteiger partial charge is 0.294 e. The molecule has 0 bridgehead atoms. The van der Waals surface area contributed by atoms with Crippen LogP contribution < -0.4 is 10.6 Å². The van der Waals surface area contributed by atoms with Crippen molar-refractivity contribution >= 4 is 21.7 Å². The van der Waals surface area contributed by atoms with Crippen molar-refractivity contribution in [3.05, 3.63) is 24.3 Å². The van der Waals surface area contributed by atoms with E-state index in [2.05, 4.69) is 0 Å². The van der Waals surface area contributed by atoms with E-state index in [1.807, 2.05) is 0 Å². The Labute approximate surface area is 105 Å². The minimum absolute atomic E-state index is 0.0231. The van der Waals surface area contributed by atoms with Gasteiger partial charge in [0.25, 0.3) is 10.1 Å². The summed E-state index contributed by atoms with van der Waals surface area (Å²) in [6.07, 6.45) is 0.413. The van der Waals surface area contributed by atoms with Crippen molar-refractivity contribution < 1.29 is 17.8 Å². The van der Waals surface area contributed by atoms with Crippen LogP contribution in [0.5, 0.6) is 0 Å². The van der Waals surface area contributed by atoms with E-state index in [1.54, 1.807) is 4.90 Å². The molecule has 1 aromatic rings. The van der Waals surface area contributed by atoms with Crippen LogP contribution in [-0.4, -0.2) is 32.0 Å². The summed E-state index contributed by atoms with van der Waals surface area (Å²) in [7, 11) is -4.20. The first-order valence-corrected chi connectivity index (χ1v) is 6.94. The summed E-state index contributed by atoms with van der Waals surface area (Å²) < 4.78 is 30.6. The Bertz CT molecular complexity index is 553. The minimum atomic E-state index is -4.20. The van der Waals surface area contributed by atoms with Gasteiger partial charge in [-0.15, -0.1) is 0 Å². The third-order valence-electron chi connectivity index (χ3n) is 2.98. The van der Waals surface area contributed by atoms with E-state index in [4.69, 9.17) is 10.3 Å². The number of nitrogens with zero attached hydrogens (tertiary/aromatic N) is 1. The molecule has 98 valence electrons. The number of rotatable bonds is 3. The van der Waals surface area contributed by atoms with Crippen molar-refractivity contribution in [2.75, 3.05) is 18.0 Å². The van der Waals surface area contributed by atoms with Crippen molar-refractivity contribution in [2.45, 2.75) is 11.3 Å². The zero-order valence-corrected chi connectivity index (χ0v) is 10.4. The Morgan fingerprint density at radius 3 is 2.39 bits per heavy atom. The minimum Gasteiger partial charge on any atom is -0.330 e. The molecule has 0 radical (unpaired) electrons. The number of carbonyl (C=O) groups excluding carboxylic acids is 1. The maximum atomic E-state index is 11.7. The molecule has 0 spiro atoms. The van der Waals surface area contributed by atoms with E-state index in [-0.39, 0.29) is 16.7 Å². The SMILES string of the molecule is NCC1CC(=O)N(c2ccc(S(=O)(=O)O)cc2)C1. The fraction of sp³-hybridized carbons (Fsp3) is 0.364. The maximum Gasteiger partial charge on any atom is 0.294 e. The summed E-state index contributed by atoms with van der Waals surface area (Å²) >= 11 is 0. The monoisotopic (exact) mass is 270 g/mol. The van der Waals surface area contributed by atoms with Gasteiger partial charge in [-0.1, -0.05) is 0 Å². The summed E-state index contributed by atoms with van der Waals surface area (Å²) in [6, 6.07) is 5.54. The zero-order valence-electron chi connectivity index (χ0n) is 9.61. The Kier molecular flexibility index (Phi) is 3.38. The predicted molar refractivity (Wildman–Crippen MR) is 65.8 cm³/mol. The molecule has 1 aliphatic heterocycles. The highest BCUT2D eigenvalue weighted by Crippen LogP contribution is 2.25. The molecule has 0 aliphatic carbocycles. The molecule has 6 nitrogen and oxygen atoms in total. The standard InChI is InChI=1S/C11H14N2O4S/c12-6-8-5-11(14)13(7-8)9-1-3-10(4-2-9)18(15,16)17/h1-4,8H,5-7,12H2,(H,15,16,17). The van der Waals surface area contributed by atoms with Crippen LogP contribution in [0, 0.1) is 5.92 Å². The molecule has 1 saturated heterocycles. The highest BCUT2D eigenvalue weighted by molar-refractivity contribution is 7.85. The third kappa shape index (κ3) is 2.53. The summed E-state index contributed by atoms with van der Waals surface area (Å²) in [6.45, 7) is 0.992. The Morgan fingerprint density at radius 2 is 1.94 bits per heavy atom. The number of carbonyl (C=O) groups is 1. The second kappa shape index (κ2) is 4.68. The van der Waals surface area contributed by atoms with Gasteiger partial charge < -0.3 is 10.6 Å². The summed E-state index contributed by atoms with van der Waals surface area (Å²) in [4.78, 5) is 13.1. The number of anilines is 1. The highest BCUT2D eigenvalue weighted by Gasteiger charge is 2.29. The Morgan fingerprint density at radius 1 is 1.33 bits per heavy atom. The molecule has 18 heavy (non-hydrogen) atoms. The van der Waals surface area contributed by atoms with Crippen LogP contribution in [-0.2, 0) is 14.9 Å². The van der Waals surface area contributed by atoms with Crippen LogP contribution in [0.4, 0.5) is 5.69 Å². The largest absolute Gasteiger partial charge is 0.330 e. The zero-order chi connectivity index (χ0) is 13.3. The molecule has 1 unspecified atom stereocenters. The summed E-state index contributed by atoms with van der Waals surface area (Å²) in [5.74, 6) is 0.115. The molecule has 3 N–H and O–H groups in total. The van der Waals surface area contributed by atoms with E-state index < -0.39 is 10.1 Å². The first-order chi connectivity index (χ1) is 8.41. The number of hydrogen-bond donors (Lipinski definition) is 2. The lowest BCUT2D eigenvalue weighted by atomic mass is 10.1. The molecule has 1 amide bonds. The van der Waals surface area contributed by atoms with E-state index in [9.17, 15) is 13.2 Å². The van der Waals surface area contributed by atoms with Gasteiger partial charge in [0, 0.05) is 18.7 Å². The molecule has 1 atom stereocenters. The fourth-order valence-electron chi connectivity index (χ4n) is 1.99. The third-order valence-corrected chi connectivity index (χ3v) is 3.85. The second-order valence-corrected chi connectivity index (χ2v) is 5.70. The van der Waals surface area contributed by atoms with Crippen LogP contribution in [0.2, 0.25) is 0 Å². The van der Waals surface area contributed by atoms with E-state index >= 15 is 0 Å². The first kappa shape index (κ1) is 13.0. The van der Waals surface area contributed by atoms with Crippen LogP contribution in [0.3, 0.4) is 0 Å². The average molecular weight is 270 g/mol. The van der Waals surface area contributed by atoms with E-state index in [1.165, 1.54) is 24.3 Å². The van der Waals surface area contributed by atoms with Crippen molar-refractivity contribution in [1.82, 2.24) is 0 Å². The lowest BCUT2D eigenvalue weighted by Crippen LogP contribution is -2.25. The molecule has 0 aromatic heterocycles. The van der Waals surface area contributed by atoms with Crippen LogP contribution >= 0.6 is 0 Å². The average Bonchev–Trinajstić information content (AvgIpc) is 2.70. The lowest BCUT2D eigenvalue weighted by Gasteiger charge is -2.16. The quantitative estimate of drug-likeness (QED) is 0.766. The number of nitrogens with two attached hydrogens (primary N) is 1. The van der Waals surface area contributed by atoms with Gasteiger partial charge in [-0.3, -0.25) is 9.35 Å². The molecule has 1 fully saturated rings. The van der Waals surface area contributed by atoms with Gasteiger partial charge in [-0.05, 0) is 36.7 Å². The fourth-order valence-corrected chi connectivity index (χ4v) is 2.47. The van der Waals surface area contributed by atoms with Gasteiger partial charge in [-0.2, -0.15) is 8.42 Å². The first-order valence-electron chi connectivity index (χ1n) is 5.50. The van der Waals surface area contributed by atoms with Gasteiger partial charge >= 0.3 is 0 Å². The summed E-state index contributed by atoms with van der Waals surface area (Å²) in [5.41, 5.74) is 6.14. The van der Waals surface area contributed by atoms with Crippen LogP contribution in [0.25, 0.3) is 0 Å². The topological polar surface area (TPSA) is 101 Å². The van der Waals surface area contributed by atoms with E-state index in [0.717, 1.165) is 0 Å². The molecular weight excluding hydrogens is 256 g/mol. The van der Waals surface area contributed by atoms with Gasteiger partial charge in [0.15, 0.2) is 0 Å². The van der Waals surface area contributed by atoms with Crippen LogP contribution in [0.1, 0.15) is 6.42 Å². The number of amides is 1. The molecule has 1 aliphatic rings. The maximum absolute atomic E-state index is 11.7. The number of benzene rings is 1. The second-order valence-electron chi connectivity index (χ2n) is 4.28. The Balaban J connectivity index is 2.23. The van der Waals surface area contributed by atoms with E-state index in [0.29, 0.717) is 25.2 Å². The Hall–Kier alpha value is -1.44. The predicted octanol–water partition coefficient (Wildman–Crippen LogP) is 0.245. The van der Waals surface area contributed by atoms with Crippen LogP contribution in [0.15, 0.2) is 29.2 Å². The van der Waals surface area contributed by atoms with Crippen molar-refractivity contribution in [3.63, 3.8) is 0 Å². The molecule has 1 heterocycles. The van der Waals surface area contributed by atoms with Gasteiger partial charge in [0.1, 0.15) is 0 Å². The van der Waals surface area contributed by atoms with Gasteiger partial charge in [0.05, 0.1) is 4.90 Å². The number of hydrogen-bond acceptors (Lipinski definition) is 4. The van der Waals surface area contributed by atoms with Crippen molar-refractivity contribution in [2.24, 2.45) is 11.7 Å². The normalized spacial score (nSPS) is 20.4. The molecule has 2 rings (SSSR count). The molecule has 7 heteroatoms. The van der Waals surface area contributed by atoms with Gasteiger partial charge in [0.2, 0.25) is 5.91 Å². The summed E-state index contributed by atoms with van der Waals surface area (Å²) in [5, 5.41) is 0. The lowest BCUT2D eigenvalue weighted by molar-refractivity contribution is -0.117. The van der Waals surface area contributed by atoms with Gasteiger partial charge in [-0.25, -0.2) is 0 Å². The molecule has 0 saturated carbocycles. The van der Waals surface area contributed by atoms with Crippen molar-refractivity contribution in [1.29, 1.82) is 0 Å². The molecule has 1 aromatic carbocycles.